The standard InChI is InChI=1S/C25H34N6O2S/c1-5-10-26-23(32)15-30-11-8-18(9-12-30)28-25(33)19-13-21(22-7-6-17(4)34-22)29-24-20(19)14-27-31(24)16(2)3/h6-7,13-14,16,18H,5,8-12,15H2,1-4H3,(H,26,32)(H,28,33). The van der Waals surface area contributed by atoms with Gasteiger partial charge in [0, 0.05) is 36.6 Å². The lowest BCUT2D eigenvalue weighted by molar-refractivity contribution is -0.122. The summed E-state index contributed by atoms with van der Waals surface area (Å²) in [5, 5.41) is 11.4. The maximum atomic E-state index is 13.4. The highest BCUT2D eigenvalue weighted by molar-refractivity contribution is 7.15. The van der Waals surface area contributed by atoms with E-state index >= 15 is 0 Å². The van der Waals surface area contributed by atoms with E-state index in [1.54, 1.807) is 17.5 Å². The fraction of sp³-hybridized carbons (Fsp3) is 0.520. The molecule has 3 aromatic heterocycles. The average molecular weight is 483 g/mol. The fourth-order valence-electron chi connectivity index (χ4n) is 4.30. The van der Waals surface area contributed by atoms with Crippen molar-refractivity contribution < 1.29 is 9.59 Å². The maximum absolute atomic E-state index is 13.4. The number of pyridine rings is 1. The van der Waals surface area contributed by atoms with Gasteiger partial charge < -0.3 is 10.6 Å². The van der Waals surface area contributed by atoms with Gasteiger partial charge in [-0.3, -0.25) is 14.5 Å². The minimum absolute atomic E-state index is 0.0713. The topological polar surface area (TPSA) is 92.2 Å². The molecule has 2 amide bonds. The monoisotopic (exact) mass is 482 g/mol. The Labute approximate surface area is 204 Å². The number of amides is 2. The number of hydrogen-bond donors (Lipinski definition) is 2. The van der Waals surface area contributed by atoms with E-state index in [0.29, 0.717) is 18.7 Å². The smallest absolute Gasteiger partial charge is 0.252 e. The van der Waals surface area contributed by atoms with E-state index in [0.717, 1.165) is 54.0 Å². The number of rotatable bonds is 8. The van der Waals surface area contributed by atoms with Gasteiger partial charge in [-0.15, -0.1) is 11.3 Å². The summed E-state index contributed by atoms with van der Waals surface area (Å²) < 4.78 is 1.87. The van der Waals surface area contributed by atoms with E-state index in [1.807, 2.05) is 17.7 Å². The Balaban J connectivity index is 1.50. The number of nitrogens with zero attached hydrogens (tertiary/aromatic N) is 4. The summed E-state index contributed by atoms with van der Waals surface area (Å²) in [7, 11) is 0. The molecule has 4 rings (SSSR count). The maximum Gasteiger partial charge on any atom is 0.252 e. The van der Waals surface area contributed by atoms with Gasteiger partial charge in [0.1, 0.15) is 0 Å². The molecule has 34 heavy (non-hydrogen) atoms. The van der Waals surface area contributed by atoms with Crippen molar-refractivity contribution >= 4 is 34.2 Å². The van der Waals surface area contributed by atoms with Crippen molar-refractivity contribution in [1.82, 2.24) is 30.3 Å². The molecule has 0 aliphatic carbocycles. The largest absolute Gasteiger partial charge is 0.355 e. The van der Waals surface area contributed by atoms with Crippen LogP contribution in [-0.2, 0) is 4.79 Å². The van der Waals surface area contributed by atoms with E-state index in [-0.39, 0.29) is 23.9 Å². The van der Waals surface area contributed by atoms with Gasteiger partial charge in [-0.1, -0.05) is 6.92 Å². The normalized spacial score (nSPS) is 15.2. The van der Waals surface area contributed by atoms with E-state index in [4.69, 9.17) is 4.98 Å². The Morgan fingerprint density at radius 1 is 1.24 bits per heavy atom. The molecule has 0 radical (unpaired) electrons. The summed E-state index contributed by atoms with van der Waals surface area (Å²) in [4.78, 5) is 34.7. The Morgan fingerprint density at radius 2 is 2.00 bits per heavy atom. The number of likely N-dealkylation sites (tertiary alicyclic amines) is 1. The van der Waals surface area contributed by atoms with Crippen molar-refractivity contribution in [2.75, 3.05) is 26.2 Å². The second-order valence-electron chi connectivity index (χ2n) is 9.26. The van der Waals surface area contributed by atoms with Crippen LogP contribution in [0.4, 0.5) is 0 Å². The van der Waals surface area contributed by atoms with Gasteiger partial charge >= 0.3 is 0 Å². The number of fused-ring (bicyclic) bond motifs is 1. The van der Waals surface area contributed by atoms with Crippen molar-refractivity contribution in [3.8, 4) is 10.6 Å². The highest BCUT2D eigenvalue weighted by Gasteiger charge is 2.25. The molecule has 0 bridgehead atoms. The lowest BCUT2D eigenvalue weighted by Gasteiger charge is -2.31. The molecule has 1 aliphatic heterocycles. The molecule has 3 aromatic rings. The Hall–Kier alpha value is -2.78. The van der Waals surface area contributed by atoms with Crippen LogP contribution in [-0.4, -0.2) is 63.7 Å². The third-order valence-corrected chi connectivity index (χ3v) is 7.18. The average Bonchev–Trinajstić information content (AvgIpc) is 3.44. The van der Waals surface area contributed by atoms with Gasteiger partial charge in [-0.05, 0) is 58.2 Å². The SMILES string of the molecule is CCCNC(=O)CN1CCC(NC(=O)c2cc(-c3ccc(C)s3)nc3c2cnn3C(C)C)CC1. The molecule has 2 N–H and O–H groups in total. The third-order valence-electron chi connectivity index (χ3n) is 6.16. The first-order valence-corrected chi connectivity index (χ1v) is 12.9. The number of hydrogen-bond acceptors (Lipinski definition) is 6. The predicted octanol–water partition coefficient (Wildman–Crippen LogP) is 3.77. The molecule has 0 spiro atoms. The van der Waals surface area contributed by atoms with Crippen molar-refractivity contribution in [2.24, 2.45) is 0 Å². The Bertz CT molecular complexity index is 1160. The fourth-order valence-corrected chi connectivity index (χ4v) is 5.13. The van der Waals surface area contributed by atoms with Gasteiger partial charge in [0.05, 0.1) is 34.3 Å². The molecule has 4 heterocycles. The van der Waals surface area contributed by atoms with E-state index in [1.165, 1.54) is 4.88 Å². The summed E-state index contributed by atoms with van der Waals surface area (Å²) in [6.45, 7) is 11.0. The zero-order valence-electron chi connectivity index (χ0n) is 20.4. The molecule has 1 fully saturated rings. The first-order valence-electron chi connectivity index (χ1n) is 12.1. The van der Waals surface area contributed by atoms with Crippen LogP contribution in [0.5, 0.6) is 0 Å². The highest BCUT2D eigenvalue weighted by Crippen LogP contribution is 2.30. The van der Waals surface area contributed by atoms with Gasteiger partial charge in [0.2, 0.25) is 5.91 Å². The lowest BCUT2D eigenvalue weighted by Crippen LogP contribution is -2.47. The summed E-state index contributed by atoms with van der Waals surface area (Å²) in [5.41, 5.74) is 2.14. The molecule has 0 aromatic carbocycles. The zero-order chi connectivity index (χ0) is 24.2. The van der Waals surface area contributed by atoms with Crippen molar-refractivity contribution in [3.05, 3.63) is 34.8 Å². The second kappa shape index (κ2) is 10.7. The van der Waals surface area contributed by atoms with Gasteiger partial charge in [0.15, 0.2) is 5.65 Å². The summed E-state index contributed by atoms with van der Waals surface area (Å²) in [6, 6.07) is 6.24. The summed E-state index contributed by atoms with van der Waals surface area (Å²) in [5.74, 6) is -0.0219. The van der Waals surface area contributed by atoms with E-state index < -0.39 is 0 Å². The molecule has 1 saturated heterocycles. The first-order chi connectivity index (χ1) is 16.4. The molecule has 0 saturated carbocycles. The van der Waals surface area contributed by atoms with Crippen LogP contribution in [0.1, 0.15) is 61.3 Å². The Morgan fingerprint density at radius 3 is 2.65 bits per heavy atom. The minimum Gasteiger partial charge on any atom is -0.355 e. The Kier molecular flexibility index (Phi) is 7.63. The number of piperidine rings is 1. The van der Waals surface area contributed by atoms with Crippen molar-refractivity contribution in [1.29, 1.82) is 0 Å². The molecule has 1 aliphatic rings. The molecule has 9 heteroatoms. The molecule has 8 nitrogen and oxygen atoms in total. The summed E-state index contributed by atoms with van der Waals surface area (Å²) in [6.07, 6.45) is 4.33. The van der Waals surface area contributed by atoms with Gasteiger partial charge in [0.25, 0.3) is 5.91 Å². The zero-order valence-corrected chi connectivity index (χ0v) is 21.2. The van der Waals surface area contributed by atoms with Crippen LogP contribution < -0.4 is 10.6 Å². The second-order valence-corrected chi connectivity index (χ2v) is 10.5. The molecule has 0 atom stereocenters. The van der Waals surface area contributed by atoms with E-state index in [2.05, 4.69) is 53.5 Å². The minimum atomic E-state index is -0.0932. The van der Waals surface area contributed by atoms with Crippen LogP contribution in [0.25, 0.3) is 21.6 Å². The molecular weight excluding hydrogens is 448 g/mol. The molecular formula is C25H34N6O2S. The third kappa shape index (κ3) is 5.47. The highest BCUT2D eigenvalue weighted by atomic mass is 32.1. The van der Waals surface area contributed by atoms with Crippen LogP contribution in [0.2, 0.25) is 0 Å². The first kappa shape index (κ1) is 24.3. The lowest BCUT2D eigenvalue weighted by atomic mass is 10.0. The van der Waals surface area contributed by atoms with Gasteiger partial charge in [-0.2, -0.15) is 5.10 Å². The van der Waals surface area contributed by atoms with Crippen LogP contribution in [0, 0.1) is 6.92 Å². The van der Waals surface area contributed by atoms with Crippen LogP contribution in [0.3, 0.4) is 0 Å². The van der Waals surface area contributed by atoms with Crippen molar-refractivity contribution in [3.63, 3.8) is 0 Å². The number of carbonyl (C=O) groups excluding carboxylic acids is 2. The number of thiophene rings is 1. The molecule has 0 unspecified atom stereocenters. The number of carbonyl (C=O) groups is 2. The van der Waals surface area contributed by atoms with E-state index in [9.17, 15) is 9.59 Å². The van der Waals surface area contributed by atoms with Gasteiger partial charge in [-0.25, -0.2) is 9.67 Å². The van der Waals surface area contributed by atoms with Crippen LogP contribution >= 0.6 is 11.3 Å². The summed E-state index contributed by atoms with van der Waals surface area (Å²) >= 11 is 1.67. The van der Waals surface area contributed by atoms with Crippen molar-refractivity contribution in [2.45, 2.75) is 59.0 Å². The number of aromatic nitrogens is 3. The quantitative estimate of drug-likeness (QED) is 0.510. The van der Waals surface area contributed by atoms with Crippen LogP contribution in [0.15, 0.2) is 24.4 Å². The molecule has 182 valence electrons. The number of nitrogens with one attached hydrogen (secondary N) is 2. The number of aryl methyl sites for hydroxylation is 1. The predicted molar refractivity (Wildman–Crippen MR) is 136 cm³/mol.